The first-order valence-corrected chi connectivity index (χ1v) is 7.66. The van der Waals surface area contributed by atoms with Gasteiger partial charge in [0, 0.05) is 26.2 Å². The summed E-state index contributed by atoms with van der Waals surface area (Å²) in [5.41, 5.74) is 21.1. The van der Waals surface area contributed by atoms with Crippen molar-refractivity contribution in [3.63, 3.8) is 0 Å². The summed E-state index contributed by atoms with van der Waals surface area (Å²) in [5, 5.41) is 0. The quantitative estimate of drug-likeness (QED) is 0.435. The monoisotopic (exact) mass is 242 g/mol. The SMILES string of the molecule is NP(N)(=O)N1CCN(P(N)(N)=O)CC1. The molecule has 1 rings (SSSR count). The Morgan fingerprint density at radius 1 is 0.714 bits per heavy atom. The van der Waals surface area contributed by atoms with Gasteiger partial charge in [0.25, 0.3) is 15.2 Å². The highest BCUT2D eigenvalue weighted by molar-refractivity contribution is 7.57. The summed E-state index contributed by atoms with van der Waals surface area (Å²) in [6, 6.07) is 0. The third-order valence-corrected chi connectivity index (χ3v) is 4.68. The lowest BCUT2D eigenvalue weighted by Crippen LogP contribution is -2.47. The first-order valence-electron chi connectivity index (χ1n) is 4.06. The minimum absolute atomic E-state index is 0.364. The van der Waals surface area contributed by atoms with Gasteiger partial charge in [-0.25, -0.2) is 9.34 Å². The van der Waals surface area contributed by atoms with E-state index in [0.29, 0.717) is 26.2 Å². The van der Waals surface area contributed by atoms with E-state index < -0.39 is 15.2 Å². The van der Waals surface area contributed by atoms with Crippen molar-refractivity contribution in [1.29, 1.82) is 0 Å². The summed E-state index contributed by atoms with van der Waals surface area (Å²) in [7, 11) is -6.37. The molecule has 1 aliphatic heterocycles. The molecule has 0 aromatic heterocycles. The molecule has 1 aliphatic rings. The third-order valence-electron chi connectivity index (χ3n) is 2.12. The van der Waals surface area contributed by atoms with Crippen molar-refractivity contribution in [2.24, 2.45) is 22.0 Å². The predicted octanol–water partition coefficient (Wildman–Crippen LogP) is -1.34. The van der Waals surface area contributed by atoms with E-state index in [9.17, 15) is 9.13 Å². The Labute approximate surface area is 82.6 Å². The lowest BCUT2D eigenvalue weighted by molar-refractivity contribution is 0.269. The summed E-state index contributed by atoms with van der Waals surface area (Å²) < 4.78 is 25.4. The maximum atomic E-state index is 11.3. The Kier molecular flexibility index (Phi) is 3.51. The van der Waals surface area contributed by atoms with Crippen molar-refractivity contribution in [2.75, 3.05) is 26.2 Å². The van der Waals surface area contributed by atoms with Crippen LogP contribution in [0.2, 0.25) is 0 Å². The molecule has 14 heavy (non-hydrogen) atoms. The van der Waals surface area contributed by atoms with Gasteiger partial charge in [-0.2, -0.15) is 0 Å². The molecule has 0 saturated carbocycles. The molecule has 0 aromatic rings. The molecule has 0 radical (unpaired) electrons. The Morgan fingerprint density at radius 2 is 0.929 bits per heavy atom. The summed E-state index contributed by atoms with van der Waals surface area (Å²) in [5.74, 6) is 0. The Hall–Kier alpha value is 0.220. The first-order chi connectivity index (χ1) is 6.21. The second-order valence-electron chi connectivity index (χ2n) is 3.25. The summed E-state index contributed by atoms with van der Waals surface area (Å²) >= 11 is 0. The van der Waals surface area contributed by atoms with Crippen molar-refractivity contribution in [3.05, 3.63) is 0 Å². The van der Waals surface area contributed by atoms with E-state index in [1.54, 1.807) is 0 Å². The molecule has 10 heteroatoms. The Balaban J connectivity index is 2.56. The van der Waals surface area contributed by atoms with E-state index in [0.717, 1.165) is 0 Å². The van der Waals surface area contributed by atoms with Crippen LogP contribution in [0.5, 0.6) is 0 Å². The van der Waals surface area contributed by atoms with Crippen molar-refractivity contribution in [3.8, 4) is 0 Å². The van der Waals surface area contributed by atoms with Gasteiger partial charge in [-0.05, 0) is 0 Å². The highest BCUT2D eigenvalue weighted by Gasteiger charge is 2.31. The standard InChI is InChI=1S/C4H16N6O2P2/c5-13(6,11)9-1-2-10(4-3-9)14(7,8)12/h1-4H2,(H4,5,6,11)(H4,7,8,12). The fourth-order valence-corrected chi connectivity index (χ4v) is 2.92. The summed E-state index contributed by atoms with van der Waals surface area (Å²) in [6.07, 6.45) is 0. The van der Waals surface area contributed by atoms with E-state index in [1.807, 2.05) is 0 Å². The number of piperazine rings is 1. The summed E-state index contributed by atoms with van der Waals surface area (Å²) in [6.45, 7) is 1.46. The average molecular weight is 242 g/mol. The zero-order valence-electron chi connectivity index (χ0n) is 7.74. The molecule has 1 heterocycles. The fraction of sp³-hybridized carbons (Fsp3) is 1.00. The number of hydrogen-bond acceptors (Lipinski definition) is 2. The van der Waals surface area contributed by atoms with Gasteiger partial charge >= 0.3 is 0 Å². The average Bonchev–Trinajstić information content (AvgIpc) is 2.01. The molecule has 0 aliphatic carbocycles. The van der Waals surface area contributed by atoms with Gasteiger partial charge in [0.15, 0.2) is 0 Å². The molecule has 0 aromatic carbocycles. The van der Waals surface area contributed by atoms with Crippen LogP contribution < -0.4 is 22.0 Å². The van der Waals surface area contributed by atoms with Gasteiger partial charge in [-0.15, -0.1) is 0 Å². The predicted molar refractivity (Wildman–Crippen MR) is 55.1 cm³/mol. The zero-order chi connectivity index (χ0) is 11.0. The van der Waals surface area contributed by atoms with Crippen LogP contribution in [0.15, 0.2) is 0 Å². The van der Waals surface area contributed by atoms with Gasteiger partial charge in [0.1, 0.15) is 0 Å². The fourth-order valence-electron chi connectivity index (χ4n) is 1.31. The Bertz CT molecular complexity index is 258. The van der Waals surface area contributed by atoms with Gasteiger partial charge < -0.3 is 0 Å². The van der Waals surface area contributed by atoms with E-state index in [-0.39, 0.29) is 0 Å². The van der Waals surface area contributed by atoms with Gasteiger partial charge in [-0.3, -0.25) is 31.1 Å². The molecule has 0 bridgehead atoms. The summed E-state index contributed by atoms with van der Waals surface area (Å²) in [4.78, 5) is 0. The number of hydrogen-bond donors (Lipinski definition) is 4. The molecular weight excluding hydrogens is 226 g/mol. The smallest absolute Gasteiger partial charge is 0.271 e. The zero-order valence-corrected chi connectivity index (χ0v) is 9.53. The highest BCUT2D eigenvalue weighted by atomic mass is 31.2. The van der Waals surface area contributed by atoms with Gasteiger partial charge in [0.05, 0.1) is 0 Å². The molecule has 0 atom stereocenters. The second-order valence-corrected chi connectivity index (χ2v) is 7.07. The number of nitrogens with two attached hydrogens (primary N) is 4. The third kappa shape index (κ3) is 3.12. The van der Waals surface area contributed by atoms with Crippen LogP contribution in [0.3, 0.4) is 0 Å². The van der Waals surface area contributed by atoms with Crippen LogP contribution in [-0.4, -0.2) is 35.5 Å². The Morgan fingerprint density at radius 3 is 1.07 bits per heavy atom. The normalized spacial score (nSPS) is 22.6. The van der Waals surface area contributed by atoms with Crippen molar-refractivity contribution < 1.29 is 9.13 Å². The molecule has 8 nitrogen and oxygen atoms in total. The van der Waals surface area contributed by atoms with Crippen LogP contribution in [-0.2, 0) is 9.13 Å². The minimum Gasteiger partial charge on any atom is -0.271 e. The van der Waals surface area contributed by atoms with Crippen molar-refractivity contribution in [2.45, 2.75) is 0 Å². The lowest BCUT2D eigenvalue weighted by Gasteiger charge is -2.36. The van der Waals surface area contributed by atoms with E-state index in [2.05, 4.69) is 0 Å². The second kappa shape index (κ2) is 4.00. The van der Waals surface area contributed by atoms with Gasteiger partial charge in [0.2, 0.25) is 0 Å². The number of nitrogens with zero attached hydrogens (tertiary/aromatic N) is 2. The van der Waals surface area contributed by atoms with Crippen LogP contribution in [0, 0.1) is 0 Å². The van der Waals surface area contributed by atoms with Crippen LogP contribution in [0.4, 0.5) is 0 Å². The maximum Gasteiger partial charge on any atom is 0.276 e. The maximum absolute atomic E-state index is 11.3. The first kappa shape index (κ1) is 12.3. The minimum atomic E-state index is -3.18. The molecule has 0 spiro atoms. The largest absolute Gasteiger partial charge is 0.276 e. The lowest BCUT2D eigenvalue weighted by atomic mass is 10.4. The van der Waals surface area contributed by atoms with Crippen molar-refractivity contribution in [1.82, 2.24) is 9.34 Å². The molecule has 1 fully saturated rings. The topological polar surface area (TPSA) is 145 Å². The van der Waals surface area contributed by atoms with Crippen LogP contribution in [0.1, 0.15) is 0 Å². The highest BCUT2D eigenvalue weighted by Crippen LogP contribution is 2.37. The number of rotatable bonds is 2. The molecule has 0 amide bonds. The molecule has 8 N–H and O–H groups in total. The molecule has 1 saturated heterocycles. The van der Waals surface area contributed by atoms with E-state index in [1.165, 1.54) is 9.34 Å². The van der Waals surface area contributed by atoms with E-state index in [4.69, 9.17) is 22.0 Å². The molecule has 0 unspecified atom stereocenters. The molecular formula is C4H16N6O2P2. The molecule has 84 valence electrons. The van der Waals surface area contributed by atoms with Crippen LogP contribution >= 0.6 is 15.2 Å². The van der Waals surface area contributed by atoms with Crippen LogP contribution in [0.25, 0.3) is 0 Å². The van der Waals surface area contributed by atoms with E-state index >= 15 is 0 Å². The van der Waals surface area contributed by atoms with Gasteiger partial charge in [-0.1, -0.05) is 0 Å². The van der Waals surface area contributed by atoms with Crippen molar-refractivity contribution >= 4 is 15.2 Å².